The first-order chi connectivity index (χ1) is 14.8. The van der Waals surface area contributed by atoms with Gasteiger partial charge < -0.3 is 19.7 Å². The molecule has 164 valence electrons. The van der Waals surface area contributed by atoms with Gasteiger partial charge in [-0.15, -0.1) is 0 Å². The van der Waals surface area contributed by atoms with E-state index in [9.17, 15) is 0 Å². The van der Waals surface area contributed by atoms with Crippen molar-refractivity contribution in [2.24, 2.45) is 4.99 Å². The molecule has 3 rings (SSSR count). The lowest BCUT2D eigenvalue weighted by atomic mass is 10.1. The lowest BCUT2D eigenvalue weighted by Crippen LogP contribution is -2.47. The number of nitrogens with zero attached hydrogens (tertiary/aromatic N) is 4. The number of aliphatic imine (C=N–C) groups is 1. The molecule has 0 spiro atoms. The van der Waals surface area contributed by atoms with E-state index in [0.29, 0.717) is 12.6 Å². The minimum absolute atomic E-state index is 0.345. The molecule has 0 atom stereocenters. The summed E-state index contributed by atoms with van der Waals surface area (Å²) in [6, 6.07) is 10.4. The van der Waals surface area contributed by atoms with Crippen molar-refractivity contribution in [3.63, 3.8) is 0 Å². The standard InChI is InChI=1S/C23H35N5O2/c1-3-24-23(27-12-10-22(11-13-27)30-15-7-14-29-2)25-16-21-17-26-28(19-21)18-20-8-5-4-6-9-20/h4-6,8-9,17,19,22H,3,7,10-16,18H2,1-2H3,(H,24,25). The Morgan fingerprint density at radius 1 is 1.17 bits per heavy atom. The molecule has 1 aliphatic rings. The molecule has 30 heavy (non-hydrogen) atoms. The summed E-state index contributed by atoms with van der Waals surface area (Å²) in [6.45, 7) is 7.85. The van der Waals surface area contributed by atoms with Gasteiger partial charge in [0.2, 0.25) is 0 Å². The molecule has 7 nitrogen and oxygen atoms in total. The number of ether oxygens (including phenoxy) is 2. The van der Waals surface area contributed by atoms with Crippen LogP contribution in [0, 0.1) is 0 Å². The van der Waals surface area contributed by atoms with Crippen LogP contribution in [0.5, 0.6) is 0 Å². The molecule has 1 saturated heterocycles. The van der Waals surface area contributed by atoms with Crippen molar-refractivity contribution >= 4 is 5.96 Å². The Balaban J connectivity index is 1.49. The maximum absolute atomic E-state index is 5.98. The fraction of sp³-hybridized carbons (Fsp3) is 0.565. The quantitative estimate of drug-likeness (QED) is 0.369. The summed E-state index contributed by atoms with van der Waals surface area (Å²) >= 11 is 0. The smallest absolute Gasteiger partial charge is 0.194 e. The Hall–Kier alpha value is -2.38. The summed E-state index contributed by atoms with van der Waals surface area (Å²) < 4.78 is 13.0. The molecule has 1 aliphatic heterocycles. The minimum atomic E-state index is 0.345. The third kappa shape index (κ3) is 7.15. The highest BCUT2D eigenvalue weighted by Crippen LogP contribution is 2.15. The van der Waals surface area contributed by atoms with E-state index in [0.717, 1.165) is 70.2 Å². The third-order valence-electron chi connectivity index (χ3n) is 5.21. The number of aromatic nitrogens is 2. The molecule has 1 N–H and O–H groups in total. The second-order valence-electron chi connectivity index (χ2n) is 7.61. The third-order valence-corrected chi connectivity index (χ3v) is 5.21. The first kappa shape index (κ1) is 22.3. The maximum Gasteiger partial charge on any atom is 0.194 e. The monoisotopic (exact) mass is 413 g/mol. The highest BCUT2D eigenvalue weighted by Gasteiger charge is 2.21. The molecule has 2 heterocycles. The number of piperidine rings is 1. The van der Waals surface area contributed by atoms with Gasteiger partial charge in [0.05, 0.1) is 25.4 Å². The van der Waals surface area contributed by atoms with Gasteiger partial charge in [-0.1, -0.05) is 30.3 Å². The van der Waals surface area contributed by atoms with Crippen LogP contribution < -0.4 is 5.32 Å². The topological polar surface area (TPSA) is 63.9 Å². The van der Waals surface area contributed by atoms with Gasteiger partial charge in [-0.25, -0.2) is 4.99 Å². The number of guanidine groups is 1. The van der Waals surface area contributed by atoms with E-state index in [-0.39, 0.29) is 0 Å². The van der Waals surface area contributed by atoms with Crippen molar-refractivity contribution in [2.45, 2.75) is 45.4 Å². The van der Waals surface area contributed by atoms with Crippen LogP contribution in [0.4, 0.5) is 0 Å². The lowest BCUT2D eigenvalue weighted by Gasteiger charge is -2.34. The summed E-state index contributed by atoms with van der Waals surface area (Å²) in [5.41, 5.74) is 2.37. The molecule has 0 amide bonds. The van der Waals surface area contributed by atoms with E-state index in [1.165, 1.54) is 5.56 Å². The number of nitrogens with one attached hydrogen (secondary N) is 1. The van der Waals surface area contributed by atoms with E-state index in [1.54, 1.807) is 7.11 Å². The molecule has 0 aliphatic carbocycles. The van der Waals surface area contributed by atoms with E-state index in [1.807, 2.05) is 16.9 Å². The molecule has 0 unspecified atom stereocenters. The molecule has 1 aromatic heterocycles. The van der Waals surface area contributed by atoms with Crippen molar-refractivity contribution in [3.05, 3.63) is 53.9 Å². The molecule has 1 aromatic carbocycles. The summed E-state index contributed by atoms with van der Waals surface area (Å²) in [5, 5.41) is 7.92. The van der Waals surface area contributed by atoms with Crippen molar-refractivity contribution in [2.75, 3.05) is 40.0 Å². The average molecular weight is 414 g/mol. The van der Waals surface area contributed by atoms with Crippen LogP contribution in [0.3, 0.4) is 0 Å². The Bertz CT molecular complexity index is 754. The van der Waals surface area contributed by atoms with Gasteiger partial charge in [-0.05, 0) is 31.7 Å². The summed E-state index contributed by atoms with van der Waals surface area (Å²) in [5.74, 6) is 0.978. The normalized spacial score (nSPS) is 15.5. The summed E-state index contributed by atoms with van der Waals surface area (Å²) in [7, 11) is 1.73. The SMILES string of the molecule is CCNC(=NCc1cnn(Cc2ccccc2)c1)N1CCC(OCCCOC)CC1. The van der Waals surface area contributed by atoms with E-state index in [4.69, 9.17) is 14.5 Å². The molecule has 7 heteroatoms. The Labute approximate surface area is 180 Å². The van der Waals surface area contributed by atoms with Gasteiger partial charge in [0.15, 0.2) is 5.96 Å². The van der Waals surface area contributed by atoms with Gasteiger partial charge >= 0.3 is 0 Å². The predicted octanol–water partition coefficient (Wildman–Crippen LogP) is 2.91. The second kappa shape index (κ2) is 12.3. The Kier molecular flexibility index (Phi) is 9.18. The molecule has 1 fully saturated rings. The predicted molar refractivity (Wildman–Crippen MR) is 120 cm³/mol. The highest BCUT2D eigenvalue weighted by molar-refractivity contribution is 5.80. The zero-order chi connectivity index (χ0) is 21.0. The fourth-order valence-electron chi connectivity index (χ4n) is 3.62. The van der Waals surface area contributed by atoms with Crippen molar-refractivity contribution < 1.29 is 9.47 Å². The number of methoxy groups -OCH3 is 1. The molecule has 0 bridgehead atoms. The molecule has 0 radical (unpaired) electrons. The van der Waals surface area contributed by atoms with Crippen LogP contribution in [0.1, 0.15) is 37.3 Å². The average Bonchev–Trinajstić information content (AvgIpc) is 3.23. The first-order valence-electron chi connectivity index (χ1n) is 11.0. The molecular weight excluding hydrogens is 378 g/mol. The second-order valence-corrected chi connectivity index (χ2v) is 7.61. The Morgan fingerprint density at radius 3 is 2.70 bits per heavy atom. The number of rotatable bonds is 10. The van der Waals surface area contributed by atoms with Crippen LogP contribution in [-0.4, -0.2) is 66.7 Å². The summed E-state index contributed by atoms with van der Waals surface area (Å²) in [4.78, 5) is 7.20. The van der Waals surface area contributed by atoms with Gasteiger partial charge in [-0.2, -0.15) is 5.10 Å². The van der Waals surface area contributed by atoms with Crippen molar-refractivity contribution in [3.8, 4) is 0 Å². The molecule has 2 aromatic rings. The van der Waals surface area contributed by atoms with Crippen LogP contribution >= 0.6 is 0 Å². The van der Waals surface area contributed by atoms with E-state index in [2.05, 4.69) is 52.7 Å². The van der Waals surface area contributed by atoms with Gasteiger partial charge in [0.25, 0.3) is 0 Å². The van der Waals surface area contributed by atoms with Crippen LogP contribution in [0.2, 0.25) is 0 Å². The van der Waals surface area contributed by atoms with Gasteiger partial charge in [0, 0.05) is 51.7 Å². The number of benzene rings is 1. The molecule has 0 saturated carbocycles. The number of hydrogen-bond acceptors (Lipinski definition) is 4. The minimum Gasteiger partial charge on any atom is -0.385 e. The first-order valence-corrected chi connectivity index (χ1v) is 11.0. The zero-order valence-corrected chi connectivity index (χ0v) is 18.3. The van der Waals surface area contributed by atoms with Crippen LogP contribution in [-0.2, 0) is 22.6 Å². The fourth-order valence-corrected chi connectivity index (χ4v) is 3.62. The van der Waals surface area contributed by atoms with Crippen LogP contribution in [0.25, 0.3) is 0 Å². The van der Waals surface area contributed by atoms with Gasteiger partial charge in [-0.3, -0.25) is 4.68 Å². The van der Waals surface area contributed by atoms with E-state index < -0.39 is 0 Å². The lowest BCUT2D eigenvalue weighted by molar-refractivity contribution is 0.00990. The van der Waals surface area contributed by atoms with Crippen molar-refractivity contribution in [1.82, 2.24) is 20.0 Å². The Morgan fingerprint density at radius 2 is 1.97 bits per heavy atom. The van der Waals surface area contributed by atoms with Crippen molar-refractivity contribution in [1.29, 1.82) is 0 Å². The summed E-state index contributed by atoms with van der Waals surface area (Å²) in [6.07, 6.45) is 7.37. The highest BCUT2D eigenvalue weighted by atomic mass is 16.5. The van der Waals surface area contributed by atoms with E-state index >= 15 is 0 Å². The molecular formula is C23H35N5O2. The number of likely N-dealkylation sites (tertiary alicyclic amines) is 1. The van der Waals surface area contributed by atoms with Gasteiger partial charge in [0.1, 0.15) is 0 Å². The maximum atomic E-state index is 5.98. The number of hydrogen-bond donors (Lipinski definition) is 1. The largest absolute Gasteiger partial charge is 0.385 e. The van der Waals surface area contributed by atoms with Crippen LogP contribution in [0.15, 0.2) is 47.7 Å². The zero-order valence-electron chi connectivity index (χ0n) is 18.3.